The summed E-state index contributed by atoms with van der Waals surface area (Å²) in [6.45, 7) is 11.5. The van der Waals surface area contributed by atoms with Gasteiger partial charge in [0.2, 0.25) is 0 Å². The molecule has 0 atom stereocenters. The Hall–Kier alpha value is -1.06. The normalized spacial score (nSPS) is 10.8. The maximum absolute atomic E-state index is 5.05. The second kappa shape index (κ2) is 9.78. The molecule has 0 saturated heterocycles. The number of nitrogens with one attached hydrogen (secondary N) is 1. The smallest absolute Gasteiger partial charge is 0.0587 e. The van der Waals surface area contributed by atoms with E-state index in [9.17, 15) is 0 Å². The van der Waals surface area contributed by atoms with E-state index in [1.807, 2.05) is 0 Å². The number of hydrogen-bond acceptors (Lipinski definition) is 3. The van der Waals surface area contributed by atoms with Gasteiger partial charge in [0.25, 0.3) is 0 Å². The fourth-order valence-corrected chi connectivity index (χ4v) is 2.38. The summed E-state index contributed by atoms with van der Waals surface area (Å²) in [4.78, 5) is 2.48. The highest BCUT2D eigenvalue weighted by atomic mass is 16.5. The molecule has 3 nitrogen and oxygen atoms in total. The lowest BCUT2D eigenvalue weighted by Crippen LogP contribution is -2.25. The van der Waals surface area contributed by atoms with Crippen molar-refractivity contribution in [3.05, 3.63) is 29.3 Å². The molecule has 3 heteroatoms. The molecule has 0 unspecified atom stereocenters. The summed E-state index contributed by atoms with van der Waals surface area (Å²) in [7, 11) is 1.73. The molecule has 0 heterocycles. The minimum Gasteiger partial charge on any atom is -0.383 e. The van der Waals surface area contributed by atoms with E-state index in [1.54, 1.807) is 7.11 Å². The number of benzene rings is 1. The average Bonchev–Trinajstić information content (AvgIpc) is 2.45. The van der Waals surface area contributed by atoms with Crippen LogP contribution in [0.5, 0.6) is 0 Å². The van der Waals surface area contributed by atoms with Crippen molar-refractivity contribution in [1.82, 2.24) is 5.32 Å². The van der Waals surface area contributed by atoms with Crippen LogP contribution in [0.25, 0.3) is 0 Å². The van der Waals surface area contributed by atoms with Crippen molar-refractivity contribution < 1.29 is 4.74 Å². The Kier molecular flexibility index (Phi) is 8.31. The van der Waals surface area contributed by atoms with Gasteiger partial charge in [-0.25, -0.2) is 0 Å². The van der Waals surface area contributed by atoms with Crippen LogP contribution in [0.1, 0.15) is 37.8 Å². The lowest BCUT2D eigenvalue weighted by molar-refractivity contribution is 0.199. The first-order valence-electron chi connectivity index (χ1n) is 7.77. The van der Waals surface area contributed by atoms with Gasteiger partial charge < -0.3 is 15.0 Å². The maximum atomic E-state index is 5.05. The largest absolute Gasteiger partial charge is 0.383 e. The summed E-state index contributed by atoms with van der Waals surface area (Å²) >= 11 is 0. The molecule has 20 heavy (non-hydrogen) atoms. The van der Waals surface area contributed by atoms with Gasteiger partial charge in [-0.2, -0.15) is 0 Å². The minimum atomic E-state index is 0.762. The fraction of sp³-hybridized carbons (Fsp3) is 0.647. The second-order valence-corrected chi connectivity index (χ2v) is 5.27. The number of hydrogen-bond donors (Lipinski definition) is 1. The Balaban J connectivity index is 2.65. The molecule has 0 aromatic heterocycles. The van der Waals surface area contributed by atoms with Gasteiger partial charge >= 0.3 is 0 Å². The lowest BCUT2D eigenvalue weighted by atomic mass is 10.1. The van der Waals surface area contributed by atoms with Crippen molar-refractivity contribution in [2.45, 2.75) is 40.2 Å². The predicted octanol–water partition coefficient (Wildman–Crippen LogP) is 3.36. The molecular formula is C17H30N2O. The van der Waals surface area contributed by atoms with Gasteiger partial charge in [0, 0.05) is 39.0 Å². The first kappa shape index (κ1) is 17.0. The summed E-state index contributed by atoms with van der Waals surface area (Å²) in [5.74, 6) is 0. The predicted molar refractivity (Wildman–Crippen MR) is 87.6 cm³/mol. The molecule has 0 radical (unpaired) electrons. The quantitative estimate of drug-likeness (QED) is 0.664. The summed E-state index contributed by atoms with van der Waals surface area (Å²) in [5.41, 5.74) is 4.09. The standard InChI is InChI=1S/C17H30N2O/c1-5-10-19(11-6-2)17-8-7-16(15(3)13-17)14-18-9-12-20-4/h7-8,13,18H,5-6,9-12,14H2,1-4H3. The summed E-state index contributed by atoms with van der Waals surface area (Å²) in [5, 5.41) is 3.40. The molecule has 0 aliphatic carbocycles. The zero-order valence-electron chi connectivity index (χ0n) is 13.5. The SMILES string of the molecule is CCCN(CCC)c1ccc(CNCCOC)c(C)c1. The minimum absolute atomic E-state index is 0.762. The van der Waals surface area contributed by atoms with Crippen molar-refractivity contribution in [2.24, 2.45) is 0 Å². The molecule has 1 aromatic carbocycles. The third-order valence-electron chi connectivity index (χ3n) is 3.48. The van der Waals surface area contributed by atoms with Crippen LogP contribution in [0.4, 0.5) is 5.69 Å². The molecule has 1 N–H and O–H groups in total. The third kappa shape index (κ3) is 5.51. The first-order valence-corrected chi connectivity index (χ1v) is 7.77. The highest BCUT2D eigenvalue weighted by Crippen LogP contribution is 2.20. The van der Waals surface area contributed by atoms with E-state index in [0.29, 0.717) is 0 Å². The second-order valence-electron chi connectivity index (χ2n) is 5.27. The van der Waals surface area contributed by atoms with Gasteiger partial charge in [0.15, 0.2) is 0 Å². The van der Waals surface area contributed by atoms with E-state index in [0.717, 1.165) is 32.8 Å². The third-order valence-corrected chi connectivity index (χ3v) is 3.48. The molecule has 0 saturated carbocycles. The monoisotopic (exact) mass is 278 g/mol. The number of nitrogens with zero attached hydrogens (tertiary/aromatic N) is 1. The molecule has 0 bridgehead atoms. The molecule has 0 spiro atoms. The van der Waals surface area contributed by atoms with E-state index >= 15 is 0 Å². The molecule has 114 valence electrons. The van der Waals surface area contributed by atoms with Crippen molar-refractivity contribution in [2.75, 3.05) is 38.3 Å². The van der Waals surface area contributed by atoms with Crippen LogP contribution in [0, 0.1) is 6.92 Å². The van der Waals surface area contributed by atoms with E-state index < -0.39 is 0 Å². The van der Waals surface area contributed by atoms with E-state index in [2.05, 4.69) is 49.2 Å². The lowest BCUT2D eigenvalue weighted by Gasteiger charge is -2.24. The Bertz CT molecular complexity index is 373. The van der Waals surface area contributed by atoms with Gasteiger partial charge in [0.1, 0.15) is 0 Å². The van der Waals surface area contributed by atoms with Gasteiger partial charge in [-0.05, 0) is 43.0 Å². The van der Waals surface area contributed by atoms with Gasteiger partial charge in [-0.3, -0.25) is 0 Å². The highest BCUT2D eigenvalue weighted by Gasteiger charge is 2.06. The van der Waals surface area contributed by atoms with Crippen LogP contribution in [0.3, 0.4) is 0 Å². The average molecular weight is 278 g/mol. The number of methoxy groups -OCH3 is 1. The Labute approximate surface area is 124 Å². The Morgan fingerprint density at radius 2 is 1.85 bits per heavy atom. The molecule has 1 rings (SSSR count). The van der Waals surface area contributed by atoms with Crippen LogP contribution in [-0.2, 0) is 11.3 Å². The fourth-order valence-electron chi connectivity index (χ4n) is 2.38. The van der Waals surface area contributed by atoms with Crippen LogP contribution in [0.2, 0.25) is 0 Å². The first-order chi connectivity index (χ1) is 9.72. The highest BCUT2D eigenvalue weighted by molar-refractivity contribution is 5.50. The molecule has 0 amide bonds. The van der Waals surface area contributed by atoms with Crippen molar-refractivity contribution >= 4 is 5.69 Å². The van der Waals surface area contributed by atoms with Gasteiger partial charge in [-0.15, -0.1) is 0 Å². The maximum Gasteiger partial charge on any atom is 0.0587 e. The Morgan fingerprint density at radius 3 is 2.40 bits per heavy atom. The van der Waals surface area contributed by atoms with Crippen molar-refractivity contribution in [3.63, 3.8) is 0 Å². The summed E-state index contributed by atoms with van der Waals surface area (Å²) < 4.78 is 5.05. The van der Waals surface area contributed by atoms with Crippen LogP contribution in [0.15, 0.2) is 18.2 Å². The van der Waals surface area contributed by atoms with E-state index in [-0.39, 0.29) is 0 Å². The molecule has 0 aliphatic heterocycles. The van der Waals surface area contributed by atoms with Crippen molar-refractivity contribution in [3.8, 4) is 0 Å². The molecular weight excluding hydrogens is 248 g/mol. The van der Waals surface area contributed by atoms with Gasteiger partial charge in [0.05, 0.1) is 6.61 Å². The van der Waals surface area contributed by atoms with Crippen LogP contribution >= 0.6 is 0 Å². The summed E-state index contributed by atoms with van der Waals surface area (Å²) in [6.07, 6.45) is 2.39. The number of anilines is 1. The van der Waals surface area contributed by atoms with Gasteiger partial charge in [-0.1, -0.05) is 19.9 Å². The van der Waals surface area contributed by atoms with Crippen LogP contribution < -0.4 is 10.2 Å². The topological polar surface area (TPSA) is 24.5 Å². The molecule has 1 aromatic rings. The number of ether oxygens (including phenoxy) is 1. The zero-order valence-corrected chi connectivity index (χ0v) is 13.5. The Morgan fingerprint density at radius 1 is 1.15 bits per heavy atom. The van der Waals surface area contributed by atoms with Crippen molar-refractivity contribution in [1.29, 1.82) is 0 Å². The molecule has 0 aliphatic rings. The summed E-state index contributed by atoms with van der Waals surface area (Å²) in [6, 6.07) is 6.83. The molecule has 0 fully saturated rings. The van der Waals surface area contributed by atoms with Crippen LogP contribution in [-0.4, -0.2) is 33.4 Å². The van der Waals surface area contributed by atoms with E-state index in [1.165, 1.54) is 29.7 Å². The zero-order chi connectivity index (χ0) is 14.8. The van der Waals surface area contributed by atoms with E-state index in [4.69, 9.17) is 4.74 Å². The number of rotatable bonds is 10. The number of aryl methyl sites for hydroxylation is 1.